The average molecular weight is 353 g/mol. The van der Waals surface area contributed by atoms with Crippen LogP contribution in [-0.2, 0) is 6.61 Å². The van der Waals surface area contributed by atoms with Crippen molar-refractivity contribution in [2.45, 2.75) is 13.5 Å². The molecule has 0 saturated heterocycles. The molecule has 0 aliphatic heterocycles. The maximum absolute atomic E-state index is 13.7. The molecule has 0 unspecified atom stereocenters. The summed E-state index contributed by atoms with van der Waals surface area (Å²) in [7, 11) is 1.53. The summed E-state index contributed by atoms with van der Waals surface area (Å²) in [6.45, 7) is 1.48. The summed E-state index contributed by atoms with van der Waals surface area (Å²) in [5.41, 5.74) is 0.841. The number of benzene rings is 2. The lowest BCUT2D eigenvalue weighted by atomic mass is 10.1. The standard InChI is InChI=1S/C16H14BrFO3/c1-10(19)14-5-4-13(20-2)8-16(14)21-9-11-7-12(17)3-6-15(11)18/h3-8H,9H2,1-2H3. The van der Waals surface area contributed by atoms with Gasteiger partial charge in [0.2, 0.25) is 0 Å². The third-order valence-electron chi connectivity index (χ3n) is 2.96. The van der Waals surface area contributed by atoms with Gasteiger partial charge in [-0.1, -0.05) is 15.9 Å². The van der Waals surface area contributed by atoms with Crippen LogP contribution in [0.4, 0.5) is 4.39 Å². The van der Waals surface area contributed by atoms with Crippen LogP contribution in [0.15, 0.2) is 40.9 Å². The van der Waals surface area contributed by atoms with Gasteiger partial charge in [-0.2, -0.15) is 0 Å². The Kier molecular flexibility index (Phi) is 4.96. The zero-order valence-electron chi connectivity index (χ0n) is 11.7. The Hall–Kier alpha value is -1.88. The fourth-order valence-corrected chi connectivity index (χ4v) is 2.26. The van der Waals surface area contributed by atoms with E-state index >= 15 is 0 Å². The first-order chi connectivity index (χ1) is 10.0. The highest BCUT2D eigenvalue weighted by Crippen LogP contribution is 2.27. The van der Waals surface area contributed by atoms with Crippen LogP contribution in [-0.4, -0.2) is 12.9 Å². The van der Waals surface area contributed by atoms with Crippen LogP contribution in [0.2, 0.25) is 0 Å². The number of rotatable bonds is 5. The third-order valence-corrected chi connectivity index (χ3v) is 3.45. The van der Waals surface area contributed by atoms with Crippen LogP contribution >= 0.6 is 15.9 Å². The number of ketones is 1. The molecule has 0 N–H and O–H groups in total. The van der Waals surface area contributed by atoms with Crippen LogP contribution in [0, 0.1) is 5.82 Å². The van der Waals surface area contributed by atoms with Crippen molar-refractivity contribution in [1.82, 2.24) is 0 Å². The number of Topliss-reactive ketones (excluding diaryl/α,β-unsaturated/α-hetero) is 1. The normalized spacial score (nSPS) is 10.3. The van der Waals surface area contributed by atoms with Crippen LogP contribution in [0.5, 0.6) is 11.5 Å². The van der Waals surface area contributed by atoms with Gasteiger partial charge in [-0.25, -0.2) is 4.39 Å². The van der Waals surface area contributed by atoms with Crippen molar-refractivity contribution in [1.29, 1.82) is 0 Å². The van der Waals surface area contributed by atoms with Gasteiger partial charge in [0.1, 0.15) is 23.9 Å². The summed E-state index contributed by atoms with van der Waals surface area (Å²) >= 11 is 3.29. The van der Waals surface area contributed by atoms with Gasteiger partial charge in [0, 0.05) is 16.1 Å². The maximum Gasteiger partial charge on any atom is 0.163 e. The number of carbonyl (C=O) groups is 1. The van der Waals surface area contributed by atoms with Gasteiger partial charge >= 0.3 is 0 Å². The second kappa shape index (κ2) is 6.72. The van der Waals surface area contributed by atoms with Gasteiger partial charge < -0.3 is 9.47 Å². The van der Waals surface area contributed by atoms with Crippen molar-refractivity contribution in [2.24, 2.45) is 0 Å². The average Bonchev–Trinajstić information content (AvgIpc) is 2.47. The maximum atomic E-state index is 13.7. The Morgan fingerprint density at radius 3 is 2.67 bits per heavy atom. The second-order valence-corrected chi connectivity index (χ2v) is 5.36. The molecule has 110 valence electrons. The molecule has 0 aliphatic rings. The minimum atomic E-state index is -0.356. The number of halogens is 2. The number of hydrogen-bond acceptors (Lipinski definition) is 3. The van der Waals surface area contributed by atoms with Gasteiger partial charge in [0.25, 0.3) is 0 Å². The minimum Gasteiger partial charge on any atom is -0.497 e. The fraction of sp³-hybridized carbons (Fsp3) is 0.188. The van der Waals surface area contributed by atoms with Gasteiger partial charge in [-0.3, -0.25) is 4.79 Å². The van der Waals surface area contributed by atoms with Crippen molar-refractivity contribution < 1.29 is 18.7 Å². The Morgan fingerprint density at radius 1 is 1.24 bits per heavy atom. The second-order valence-electron chi connectivity index (χ2n) is 4.44. The molecule has 0 aliphatic carbocycles. The molecule has 0 bridgehead atoms. The van der Waals surface area contributed by atoms with E-state index in [0.29, 0.717) is 22.6 Å². The lowest BCUT2D eigenvalue weighted by Crippen LogP contribution is -2.03. The van der Waals surface area contributed by atoms with E-state index in [1.807, 2.05) is 0 Å². The molecular formula is C16H14BrFO3. The van der Waals surface area contributed by atoms with E-state index < -0.39 is 0 Å². The molecule has 0 fully saturated rings. The molecule has 2 aromatic rings. The highest BCUT2D eigenvalue weighted by atomic mass is 79.9. The summed E-state index contributed by atoms with van der Waals surface area (Å²) in [6, 6.07) is 9.55. The van der Waals surface area contributed by atoms with E-state index in [4.69, 9.17) is 9.47 Å². The summed E-state index contributed by atoms with van der Waals surface area (Å²) in [6.07, 6.45) is 0. The van der Waals surface area contributed by atoms with Crippen LogP contribution < -0.4 is 9.47 Å². The van der Waals surface area contributed by atoms with Crippen LogP contribution in [0.25, 0.3) is 0 Å². The van der Waals surface area contributed by atoms with E-state index in [-0.39, 0.29) is 18.2 Å². The summed E-state index contributed by atoms with van der Waals surface area (Å²) < 4.78 is 25.2. The van der Waals surface area contributed by atoms with Gasteiger partial charge in [0.05, 0.1) is 12.7 Å². The van der Waals surface area contributed by atoms with E-state index in [2.05, 4.69) is 15.9 Å². The summed E-state index contributed by atoms with van der Waals surface area (Å²) in [5.74, 6) is 0.471. The van der Waals surface area contributed by atoms with Gasteiger partial charge in [-0.05, 0) is 37.3 Å². The molecule has 2 rings (SSSR count). The molecule has 0 atom stereocenters. The molecule has 0 saturated carbocycles. The van der Waals surface area contributed by atoms with Crippen molar-refractivity contribution >= 4 is 21.7 Å². The predicted molar refractivity (Wildman–Crippen MR) is 81.4 cm³/mol. The lowest BCUT2D eigenvalue weighted by Gasteiger charge is -2.12. The predicted octanol–water partition coefficient (Wildman–Crippen LogP) is 4.38. The van der Waals surface area contributed by atoms with Gasteiger partial charge in [0.15, 0.2) is 5.78 Å². The fourth-order valence-electron chi connectivity index (χ4n) is 1.85. The molecule has 0 amide bonds. The topological polar surface area (TPSA) is 35.5 Å². The first-order valence-electron chi connectivity index (χ1n) is 6.27. The Morgan fingerprint density at radius 2 is 2.00 bits per heavy atom. The largest absolute Gasteiger partial charge is 0.497 e. The molecule has 0 spiro atoms. The van der Waals surface area contributed by atoms with Crippen molar-refractivity contribution in [3.05, 3.63) is 57.8 Å². The molecule has 2 aromatic carbocycles. The Bertz CT molecular complexity index is 671. The number of carbonyl (C=O) groups excluding carboxylic acids is 1. The minimum absolute atomic E-state index is 0.0265. The third kappa shape index (κ3) is 3.82. The molecule has 21 heavy (non-hydrogen) atoms. The summed E-state index contributed by atoms with van der Waals surface area (Å²) in [4.78, 5) is 11.6. The van der Waals surface area contributed by atoms with Crippen molar-refractivity contribution in [3.8, 4) is 11.5 Å². The number of methoxy groups -OCH3 is 1. The highest BCUT2D eigenvalue weighted by molar-refractivity contribution is 9.10. The quantitative estimate of drug-likeness (QED) is 0.749. The zero-order chi connectivity index (χ0) is 15.4. The Balaban J connectivity index is 2.26. The SMILES string of the molecule is COc1ccc(C(C)=O)c(OCc2cc(Br)ccc2F)c1. The monoisotopic (exact) mass is 352 g/mol. The molecule has 3 nitrogen and oxygen atoms in total. The number of ether oxygens (including phenoxy) is 2. The molecule has 0 radical (unpaired) electrons. The van der Waals surface area contributed by atoms with Crippen LogP contribution in [0.3, 0.4) is 0 Å². The summed E-state index contributed by atoms with van der Waals surface area (Å²) in [5, 5.41) is 0. The van der Waals surface area contributed by atoms with E-state index in [1.54, 1.807) is 30.3 Å². The zero-order valence-corrected chi connectivity index (χ0v) is 13.2. The van der Waals surface area contributed by atoms with Gasteiger partial charge in [-0.15, -0.1) is 0 Å². The number of hydrogen-bond donors (Lipinski definition) is 0. The van der Waals surface area contributed by atoms with E-state index in [9.17, 15) is 9.18 Å². The van der Waals surface area contributed by atoms with Crippen LogP contribution in [0.1, 0.15) is 22.8 Å². The van der Waals surface area contributed by atoms with Crippen molar-refractivity contribution in [3.63, 3.8) is 0 Å². The molecule has 0 aromatic heterocycles. The smallest absolute Gasteiger partial charge is 0.163 e. The lowest BCUT2D eigenvalue weighted by molar-refractivity contribution is 0.101. The van der Waals surface area contributed by atoms with Crippen molar-refractivity contribution in [2.75, 3.05) is 7.11 Å². The molecule has 5 heteroatoms. The van der Waals surface area contributed by atoms with E-state index in [1.165, 1.54) is 20.1 Å². The first kappa shape index (κ1) is 15.5. The van der Waals surface area contributed by atoms with E-state index in [0.717, 1.165) is 4.47 Å². The Labute approximate surface area is 130 Å². The highest BCUT2D eigenvalue weighted by Gasteiger charge is 2.11. The first-order valence-corrected chi connectivity index (χ1v) is 7.06. The molecular weight excluding hydrogens is 339 g/mol. The molecule has 0 heterocycles.